The highest BCUT2D eigenvalue weighted by Crippen LogP contribution is 2.32. The Labute approximate surface area is 150 Å². The number of rotatable bonds is 8. The molecule has 0 amide bonds. The Kier molecular flexibility index (Phi) is 6.79. The van der Waals surface area contributed by atoms with Gasteiger partial charge in [0.05, 0.1) is 0 Å². The SMILES string of the molecule is CN=C(NCCCCN1CCCC1)NCCc1ccc2c(c1)OCO2. The molecule has 0 unspecified atom stereocenters. The number of likely N-dealkylation sites (tertiary alicyclic amines) is 1. The normalized spacial score (nSPS) is 17.1. The van der Waals surface area contributed by atoms with Gasteiger partial charge in [0.1, 0.15) is 0 Å². The minimum Gasteiger partial charge on any atom is -0.454 e. The molecule has 0 radical (unpaired) electrons. The fourth-order valence-corrected chi connectivity index (χ4v) is 3.32. The zero-order valence-electron chi connectivity index (χ0n) is 15.2. The van der Waals surface area contributed by atoms with Gasteiger partial charge in [0.15, 0.2) is 17.5 Å². The van der Waals surface area contributed by atoms with Crippen LogP contribution in [0.2, 0.25) is 0 Å². The van der Waals surface area contributed by atoms with Gasteiger partial charge in [0.2, 0.25) is 6.79 Å². The third kappa shape index (κ3) is 5.53. The first-order valence-electron chi connectivity index (χ1n) is 9.40. The lowest BCUT2D eigenvalue weighted by atomic mass is 10.1. The molecule has 3 rings (SSSR count). The second-order valence-corrected chi connectivity index (χ2v) is 6.62. The Morgan fingerprint density at radius 1 is 1.08 bits per heavy atom. The van der Waals surface area contributed by atoms with Gasteiger partial charge in [-0.2, -0.15) is 0 Å². The van der Waals surface area contributed by atoms with Gasteiger partial charge in [0.25, 0.3) is 0 Å². The average Bonchev–Trinajstić information content (AvgIpc) is 3.31. The van der Waals surface area contributed by atoms with Crippen molar-refractivity contribution < 1.29 is 9.47 Å². The molecule has 2 aliphatic heterocycles. The zero-order chi connectivity index (χ0) is 17.3. The van der Waals surface area contributed by atoms with Crippen molar-refractivity contribution in [1.82, 2.24) is 15.5 Å². The smallest absolute Gasteiger partial charge is 0.231 e. The molecule has 0 bridgehead atoms. The molecule has 0 spiro atoms. The quantitative estimate of drug-likeness (QED) is 0.428. The van der Waals surface area contributed by atoms with E-state index in [-0.39, 0.29) is 0 Å². The number of guanidine groups is 1. The second-order valence-electron chi connectivity index (χ2n) is 6.62. The minimum atomic E-state index is 0.325. The van der Waals surface area contributed by atoms with E-state index in [1.807, 2.05) is 13.1 Å². The summed E-state index contributed by atoms with van der Waals surface area (Å²) in [7, 11) is 1.82. The van der Waals surface area contributed by atoms with Crippen LogP contribution in [0.5, 0.6) is 11.5 Å². The molecule has 1 aromatic rings. The largest absolute Gasteiger partial charge is 0.454 e. The van der Waals surface area contributed by atoms with Gasteiger partial charge in [-0.25, -0.2) is 0 Å². The molecule has 2 N–H and O–H groups in total. The van der Waals surface area contributed by atoms with Crippen LogP contribution in [0.25, 0.3) is 0 Å². The van der Waals surface area contributed by atoms with Gasteiger partial charge in [-0.05, 0) is 69.4 Å². The van der Waals surface area contributed by atoms with Crippen LogP contribution in [-0.2, 0) is 6.42 Å². The summed E-state index contributed by atoms with van der Waals surface area (Å²) in [5, 5.41) is 6.77. The lowest BCUT2D eigenvalue weighted by Crippen LogP contribution is -2.38. The highest BCUT2D eigenvalue weighted by molar-refractivity contribution is 5.79. The van der Waals surface area contributed by atoms with E-state index >= 15 is 0 Å². The summed E-state index contributed by atoms with van der Waals surface area (Å²) in [4.78, 5) is 6.86. The van der Waals surface area contributed by atoms with E-state index in [0.29, 0.717) is 6.79 Å². The Hall–Kier alpha value is -1.95. The van der Waals surface area contributed by atoms with E-state index in [9.17, 15) is 0 Å². The second kappa shape index (κ2) is 9.51. The number of aliphatic imine (C=N–C) groups is 1. The first-order chi connectivity index (χ1) is 12.3. The van der Waals surface area contributed by atoms with Gasteiger partial charge in [-0.1, -0.05) is 6.07 Å². The molecule has 1 saturated heterocycles. The van der Waals surface area contributed by atoms with Crippen LogP contribution in [0.1, 0.15) is 31.2 Å². The fourth-order valence-electron chi connectivity index (χ4n) is 3.32. The van der Waals surface area contributed by atoms with Crippen LogP contribution in [0.4, 0.5) is 0 Å². The first kappa shape index (κ1) is 17.9. The number of ether oxygens (including phenoxy) is 2. The van der Waals surface area contributed by atoms with Crippen LogP contribution >= 0.6 is 0 Å². The maximum Gasteiger partial charge on any atom is 0.231 e. The molecule has 0 aromatic heterocycles. The summed E-state index contributed by atoms with van der Waals surface area (Å²) < 4.78 is 10.8. The standard InChI is InChI=1S/C19H30N4O2/c1-20-19(21-9-2-3-11-23-12-4-5-13-23)22-10-8-16-6-7-17-18(14-16)25-15-24-17/h6-7,14H,2-5,8-13,15H2,1H3,(H2,20,21,22). The molecular weight excluding hydrogens is 316 g/mol. The Morgan fingerprint density at radius 2 is 1.88 bits per heavy atom. The number of hydrogen-bond donors (Lipinski definition) is 2. The van der Waals surface area contributed by atoms with Crippen LogP contribution in [0.15, 0.2) is 23.2 Å². The van der Waals surface area contributed by atoms with Crippen LogP contribution in [-0.4, -0.2) is 57.4 Å². The summed E-state index contributed by atoms with van der Waals surface area (Å²) in [6.45, 7) is 5.95. The van der Waals surface area contributed by atoms with Gasteiger partial charge in [-0.3, -0.25) is 4.99 Å². The number of benzene rings is 1. The molecular formula is C19H30N4O2. The molecule has 0 atom stereocenters. The summed E-state index contributed by atoms with van der Waals surface area (Å²) in [5.41, 5.74) is 1.23. The van der Waals surface area contributed by atoms with Crippen molar-refractivity contribution in [1.29, 1.82) is 0 Å². The van der Waals surface area contributed by atoms with E-state index in [1.165, 1.54) is 50.9 Å². The molecule has 2 aliphatic rings. The van der Waals surface area contributed by atoms with Crippen molar-refractivity contribution >= 4 is 5.96 Å². The van der Waals surface area contributed by atoms with E-state index in [2.05, 4.69) is 32.7 Å². The van der Waals surface area contributed by atoms with Gasteiger partial charge in [-0.15, -0.1) is 0 Å². The molecule has 0 aliphatic carbocycles. The molecule has 1 aromatic carbocycles. The highest BCUT2D eigenvalue weighted by atomic mass is 16.7. The van der Waals surface area contributed by atoms with E-state index in [4.69, 9.17) is 9.47 Å². The maximum atomic E-state index is 5.42. The molecule has 0 saturated carbocycles. The fraction of sp³-hybridized carbons (Fsp3) is 0.632. The lowest BCUT2D eigenvalue weighted by molar-refractivity contribution is 0.174. The Morgan fingerprint density at radius 3 is 2.72 bits per heavy atom. The third-order valence-electron chi connectivity index (χ3n) is 4.76. The molecule has 2 heterocycles. The third-order valence-corrected chi connectivity index (χ3v) is 4.76. The van der Waals surface area contributed by atoms with Crippen molar-refractivity contribution in [3.8, 4) is 11.5 Å². The lowest BCUT2D eigenvalue weighted by Gasteiger charge is -2.15. The molecule has 1 fully saturated rings. The zero-order valence-corrected chi connectivity index (χ0v) is 15.2. The molecule has 6 heteroatoms. The molecule has 25 heavy (non-hydrogen) atoms. The van der Waals surface area contributed by atoms with Crippen molar-refractivity contribution in [3.63, 3.8) is 0 Å². The number of nitrogens with zero attached hydrogens (tertiary/aromatic N) is 2. The topological polar surface area (TPSA) is 58.1 Å². The van der Waals surface area contributed by atoms with E-state index < -0.39 is 0 Å². The summed E-state index contributed by atoms with van der Waals surface area (Å²) >= 11 is 0. The Balaban J connectivity index is 1.28. The molecule has 6 nitrogen and oxygen atoms in total. The maximum absolute atomic E-state index is 5.42. The van der Waals surface area contributed by atoms with Gasteiger partial charge in [0, 0.05) is 20.1 Å². The summed E-state index contributed by atoms with van der Waals surface area (Å²) in [6, 6.07) is 6.12. The monoisotopic (exact) mass is 346 g/mol. The number of nitrogens with one attached hydrogen (secondary N) is 2. The van der Waals surface area contributed by atoms with Crippen LogP contribution < -0.4 is 20.1 Å². The van der Waals surface area contributed by atoms with Crippen LogP contribution in [0, 0.1) is 0 Å². The average molecular weight is 346 g/mol. The van der Waals surface area contributed by atoms with Gasteiger partial charge >= 0.3 is 0 Å². The van der Waals surface area contributed by atoms with E-state index in [1.54, 1.807) is 0 Å². The molecule has 138 valence electrons. The van der Waals surface area contributed by atoms with Crippen molar-refractivity contribution in [3.05, 3.63) is 23.8 Å². The summed E-state index contributed by atoms with van der Waals surface area (Å²) in [6.07, 6.45) is 6.10. The van der Waals surface area contributed by atoms with Crippen LogP contribution in [0.3, 0.4) is 0 Å². The number of fused-ring (bicyclic) bond motifs is 1. The predicted octanol–water partition coefficient (Wildman–Crippen LogP) is 2.00. The van der Waals surface area contributed by atoms with E-state index in [0.717, 1.165) is 37.0 Å². The number of unbranched alkanes of at least 4 members (excludes halogenated alkanes) is 1. The summed E-state index contributed by atoms with van der Waals surface area (Å²) in [5.74, 6) is 2.56. The van der Waals surface area contributed by atoms with Crippen molar-refractivity contribution in [2.45, 2.75) is 32.1 Å². The van der Waals surface area contributed by atoms with Gasteiger partial charge < -0.3 is 25.0 Å². The predicted molar refractivity (Wildman–Crippen MR) is 101 cm³/mol. The number of hydrogen-bond acceptors (Lipinski definition) is 4. The first-order valence-corrected chi connectivity index (χ1v) is 9.40. The highest BCUT2D eigenvalue weighted by Gasteiger charge is 2.13. The minimum absolute atomic E-state index is 0.325. The Bertz CT molecular complexity index is 571. The van der Waals surface area contributed by atoms with Crippen molar-refractivity contribution in [2.24, 2.45) is 4.99 Å². The van der Waals surface area contributed by atoms with Crippen molar-refractivity contribution in [2.75, 3.05) is 46.6 Å².